The summed E-state index contributed by atoms with van der Waals surface area (Å²) in [4.78, 5) is 26.6. The number of hydrogen-bond donors (Lipinski definition) is 6. The Kier molecular flexibility index (Phi) is 57.2. The predicted molar refractivity (Wildman–Crippen MR) is 347 cm³/mol. The summed E-state index contributed by atoms with van der Waals surface area (Å²) in [6, 6.07) is -1.02. The van der Waals surface area contributed by atoms with Gasteiger partial charge in [0, 0.05) is 6.42 Å². The summed E-state index contributed by atoms with van der Waals surface area (Å²) in [5, 5.41) is 57.2. The number of aliphatic hydroxyl groups is 5. The van der Waals surface area contributed by atoms with Gasteiger partial charge in [-0.05, 0) is 57.8 Å². The van der Waals surface area contributed by atoms with Crippen LogP contribution in [0.15, 0.2) is 36.5 Å². The number of aliphatic hydroxyl groups excluding tert-OH is 5. The molecule has 1 aliphatic rings. The van der Waals surface area contributed by atoms with Gasteiger partial charge in [-0.1, -0.05) is 320 Å². The number of amides is 1. The average Bonchev–Trinajstić information content (AvgIpc) is 3.62. The summed E-state index contributed by atoms with van der Waals surface area (Å²) >= 11 is 0. The highest BCUT2D eigenvalue weighted by molar-refractivity contribution is 5.80. The molecule has 1 heterocycles. The lowest BCUT2D eigenvalue weighted by Crippen LogP contribution is -2.61. The molecular formula is C72H135NO10. The second-order valence-electron chi connectivity index (χ2n) is 25.0. The minimum absolute atomic E-state index is 0.130. The summed E-state index contributed by atoms with van der Waals surface area (Å²) in [6.45, 7) is 5.81. The van der Waals surface area contributed by atoms with Crippen molar-refractivity contribution in [3.05, 3.63) is 36.5 Å². The molecule has 11 nitrogen and oxygen atoms in total. The maximum Gasteiger partial charge on any atom is 0.306 e. The molecule has 11 heteroatoms. The standard InChI is InChI=1S/C72H135NO10/c1-4-7-10-13-16-19-22-24-26-28-29-30-31-32-33-34-35-36-38-39-41-44-47-50-53-56-59-65(76)71(80)73-63(64(75)58-55-52-49-46-43-21-18-15-12-9-6-3)62-81-72-70(69(79)68(78)66(61-74)82-72)83-67(77)60-57-54-51-48-45-42-40-37-27-25-23-20-17-14-11-8-5-2/h16,19,24,26,55,58,63-66,68-70,72,74-76,78-79H,4-15,17-18,20-23,25,27-54,56-57,59-62H2,1-3H3,(H,73,80)/b19-16-,26-24-,58-55+. The molecule has 6 N–H and O–H groups in total. The first-order valence-corrected chi connectivity index (χ1v) is 35.8. The van der Waals surface area contributed by atoms with Crippen molar-refractivity contribution in [2.24, 2.45) is 0 Å². The third-order valence-electron chi connectivity index (χ3n) is 17.0. The van der Waals surface area contributed by atoms with E-state index in [9.17, 15) is 35.1 Å². The number of hydrogen-bond acceptors (Lipinski definition) is 10. The van der Waals surface area contributed by atoms with Crippen LogP contribution in [0.4, 0.5) is 0 Å². The molecule has 0 bridgehead atoms. The van der Waals surface area contributed by atoms with Crippen LogP contribution in [0.3, 0.4) is 0 Å². The Balaban J connectivity index is 2.52. The number of nitrogens with one attached hydrogen (secondary N) is 1. The monoisotopic (exact) mass is 1170 g/mol. The molecular weight excluding hydrogens is 1040 g/mol. The Bertz CT molecular complexity index is 1490. The number of carbonyl (C=O) groups excluding carboxylic acids is 2. The Morgan fingerprint density at radius 1 is 0.470 bits per heavy atom. The first kappa shape index (κ1) is 78.9. The zero-order valence-electron chi connectivity index (χ0n) is 54.3. The Labute approximate surface area is 511 Å². The molecule has 1 fully saturated rings. The molecule has 0 radical (unpaired) electrons. The van der Waals surface area contributed by atoms with Crippen LogP contribution in [0.1, 0.15) is 348 Å². The first-order valence-electron chi connectivity index (χ1n) is 35.8. The molecule has 0 aromatic carbocycles. The maximum absolute atomic E-state index is 13.5. The summed E-state index contributed by atoms with van der Waals surface area (Å²) < 4.78 is 17.7. The summed E-state index contributed by atoms with van der Waals surface area (Å²) in [5.41, 5.74) is 0. The third-order valence-corrected chi connectivity index (χ3v) is 17.0. The largest absolute Gasteiger partial charge is 0.454 e. The Hall–Kier alpha value is -2.12. The smallest absolute Gasteiger partial charge is 0.306 e. The van der Waals surface area contributed by atoms with Crippen LogP contribution in [-0.2, 0) is 23.8 Å². The molecule has 0 aliphatic carbocycles. The van der Waals surface area contributed by atoms with E-state index in [0.29, 0.717) is 19.3 Å². The summed E-state index contributed by atoms with van der Waals surface area (Å²) in [6.07, 6.45) is 63.4. The highest BCUT2D eigenvalue weighted by Crippen LogP contribution is 2.26. The van der Waals surface area contributed by atoms with Crippen LogP contribution in [0.25, 0.3) is 0 Å². The van der Waals surface area contributed by atoms with Crippen LogP contribution in [0, 0.1) is 0 Å². The van der Waals surface area contributed by atoms with Crippen molar-refractivity contribution in [2.75, 3.05) is 13.2 Å². The van der Waals surface area contributed by atoms with Gasteiger partial charge < -0.3 is 45.1 Å². The molecule has 0 aromatic heterocycles. The summed E-state index contributed by atoms with van der Waals surface area (Å²) in [7, 11) is 0. The molecule has 1 rings (SSSR count). The highest BCUT2D eigenvalue weighted by Gasteiger charge is 2.47. The van der Waals surface area contributed by atoms with E-state index in [2.05, 4.69) is 50.4 Å². The number of rotatable bonds is 62. The fraction of sp³-hybridized carbons (Fsp3) is 0.889. The lowest BCUT2D eigenvalue weighted by molar-refractivity contribution is -0.305. The van der Waals surface area contributed by atoms with Crippen LogP contribution in [0.5, 0.6) is 0 Å². The van der Waals surface area contributed by atoms with Gasteiger partial charge in [-0.15, -0.1) is 0 Å². The van der Waals surface area contributed by atoms with Crippen molar-refractivity contribution in [3.8, 4) is 0 Å². The molecule has 83 heavy (non-hydrogen) atoms. The molecule has 1 saturated heterocycles. The van der Waals surface area contributed by atoms with Crippen molar-refractivity contribution in [3.63, 3.8) is 0 Å². The van der Waals surface area contributed by atoms with E-state index in [1.165, 1.54) is 238 Å². The zero-order chi connectivity index (χ0) is 60.3. The van der Waals surface area contributed by atoms with Crippen molar-refractivity contribution < 1.29 is 49.3 Å². The van der Waals surface area contributed by atoms with Crippen LogP contribution in [0.2, 0.25) is 0 Å². The van der Waals surface area contributed by atoms with E-state index < -0.39 is 67.4 Å². The van der Waals surface area contributed by atoms with Gasteiger partial charge in [0.15, 0.2) is 12.4 Å². The second-order valence-corrected chi connectivity index (χ2v) is 25.0. The average molecular weight is 1170 g/mol. The van der Waals surface area contributed by atoms with Gasteiger partial charge in [0.25, 0.3) is 0 Å². The molecule has 8 atom stereocenters. The van der Waals surface area contributed by atoms with E-state index >= 15 is 0 Å². The molecule has 488 valence electrons. The second kappa shape index (κ2) is 60.2. The Morgan fingerprint density at radius 3 is 1.25 bits per heavy atom. The van der Waals surface area contributed by atoms with Crippen LogP contribution >= 0.6 is 0 Å². The molecule has 1 amide bonds. The van der Waals surface area contributed by atoms with Crippen LogP contribution < -0.4 is 5.32 Å². The topological polar surface area (TPSA) is 175 Å². The van der Waals surface area contributed by atoms with Gasteiger partial charge in [-0.2, -0.15) is 0 Å². The van der Waals surface area contributed by atoms with Crippen molar-refractivity contribution in [1.82, 2.24) is 5.32 Å². The van der Waals surface area contributed by atoms with Crippen molar-refractivity contribution in [2.45, 2.75) is 397 Å². The lowest BCUT2D eigenvalue weighted by Gasteiger charge is -2.41. The molecule has 0 aromatic rings. The summed E-state index contributed by atoms with van der Waals surface area (Å²) in [5.74, 6) is -1.18. The van der Waals surface area contributed by atoms with Crippen LogP contribution in [-0.4, -0.2) is 99.6 Å². The van der Waals surface area contributed by atoms with Gasteiger partial charge in [-0.25, -0.2) is 0 Å². The Morgan fingerprint density at radius 2 is 0.831 bits per heavy atom. The minimum Gasteiger partial charge on any atom is -0.454 e. The maximum atomic E-state index is 13.5. The van der Waals surface area contributed by atoms with Gasteiger partial charge >= 0.3 is 5.97 Å². The number of unbranched alkanes of at least 4 members (excludes halogenated alkanes) is 44. The fourth-order valence-corrected chi connectivity index (χ4v) is 11.4. The van der Waals surface area contributed by atoms with Gasteiger partial charge in [0.1, 0.15) is 24.4 Å². The first-order chi connectivity index (χ1) is 40.7. The molecule has 1 aliphatic heterocycles. The van der Waals surface area contributed by atoms with E-state index in [1.54, 1.807) is 6.08 Å². The van der Waals surface area contributed by atoms with Gasteiger partial charge in [-0.3, -0.25) is 9.59 Å². The number of ether oxygens (including phenoxy) is 3. The number of esters is 1. The normalized spacial score (nSPS) is 18.7. The van der Waals surface area contributed by atoms with Gasteiger partial charge in [0.05, 0.1) is 25.4 Å². The number of carbonyl (C=O) groups is 2. The van der Waals surface area contributed by atoms with Crippen molar-refractivity contribution >= 4 is 11.9 Å². The third kappa shape index (κ3) is 47.6. The van der Waals surface area contributed by atoms with E-state index in [1.807, 2.05) is 6.08 Å². The van der Waals surface area contributed by atoms with Crippen molar-refractivity contribution in [1.29, 1.82) is 0 Å². The zero-order valence-corrected chi connectivity index (χ0v) is 54.3. The minimum atomic E-state index is -1.61. The fourth-order valence-electron chi connectivity index (χ4n) is 11.4. The molecule has 0 saturated carbocycles. The van der Waals surface area contributed by atoms with E-state index in [0.717, 1.165) is 64.2 Å². The SMILES string of the molecule is CCCCC/C=C\C/C=C\CCCCCCCCCCCCCCCCCCC(O)C(=O)NC(COC1OC(CO)C(O)C(O)C1OC(=O)CCCCCCCCCCCCCCCCCCC)C(O)/C=C/CCCCCCCCCCC. The van der Waals surface area contributed by atoms with E-state index in [4.69, 9.17) is 14.2 Å². The predicted octanol–water partition coefficient (Wildman–Crippen LogP) is 18.2. The molecule has 0 spiro atoms. The number of allylic oxidation sites excluding steroid dienone is 5. The highest BCUT2D eigenvalue weighted by atomic mass is 16.7. The quantitative estimate of drug-likeness (QED) is 0.0195. The molecule has 8 unspecified atom stereocenters. The lowest BCUT2D eigenvalue weighted by atomic mass is 9.99. The van der Waals surface area contributed by atoms with E-state index in [-0.39, 0.29) is 13.0 Å². The van der Waals surface area contributed by atoms with Gasteiger partial charge in [0.2, 0.25) is 5.91 Å².